The molecule has 3 heteroatoms. The van der Waals surface area contributed by atoms with E-state index in [1.807, 2.05) is 6.92 Å². The first kappa shape index (κ1) is 19.4. The number of nitrogens with one attached hydrogen (secondary N) is 1. The molecule has 2 atom stereocenters. The third-order valence-electron chi connectivity index (χ3n) is 7.26. The highest BCUT2D eigenvalue weighted by molar-refractivity contribution is 5.97. The molecule has 2 fully saturated rings. The summed E-state index contributed by atoms with van der Waals surface area (Å²) in [6.45, 7) is 11.9. The average Bonchev–Trinajstić information content (AvgIpc) is 2.94. The number of likely N-dealkylation sites (tertiary alicyclic amines) is 1. The Balaban J connectivity index is 1.39. The van der Waals surface area contributed by atoms with Crippen molar-refractivity contribution in [3.05, 3.63) is 58.6 Å². The van der Waals surface area contributed by atoms with Crippen LogP contribution in [0.1, 0.15) is 52.5 Å². The quantitative estimate of drug-likeness (QED) is 0.742. The molecule has 1 N–H and O–H groups in total. The molecule has 3 nitrogen and oxygen atoms in total. The van der Waals surface area contributed by atoms with E-state index in [-0.39, 0.29) is 11.3 Å². The topological polar surface area (TPSA) is 36.3 Å². The highest BCUT2D eigenvalue weighted by Crippen LogP contribution is 2.50. The monoisotopic (exact) mass is 378 g/mol. The molecule has 0 bridgehead atoms. The molecule has 3 aliphatic rings. The fourth-order valence-corrected chi connectivity index (χ4v) is 5.46. The fraction of sp³-hybridized carbons (Fsp3) is 0.560. The summed E-state index contributed by atoms with van der Waals surface area (Å²) in [7, 11) is 0. The Kier molecular flexibility index (Phi) is 5.22. The lowest BCUT2D eigenvalue weighted by atomic mass is 9.82. The van der Waals surface area contributed by atoms with Gasteiger partial charge in [-0.15, -0.1) is 0 Å². The van der Waals surface area contributed by atoms with Crippen LogP contribution in [0.4, 0.5) is 0 Å². The molecule has 1 aliphatic carbocycles. The minimum absolute atomic E-state index is 0.0667. The molecule has 0 spiro atoms. The van der Waals surface area contributed by atoms with Crippen molar-refractivity contribution in [2.75, 3.05) is 19.6 Å². The Labute approximate surface area is 170 Å². The standard InChI is InChI=1S/C25H34N2O/c1-17-18(2)28-19(3)22-15-25(4,24(26)23(17)22)16-27-12-10-21(11-13-27)14-20-8-6-5-7-9-20/h5-9,21,23,26H,10-16H2,1-4H3. The summed E-state index contributed by atoms with van der Waals surface area (Å²) in [5, 5.41) is 8.99. The molecule has 2 heterocycles. The summed E-state index contributed by atoms with van der Waals surface area (Å²) in [5.74, 6) is 2.99. The number of hydrogen-bond acceptors (Lipinski definition) is 3. The van der Waals surface area contributed by atoms with Crippen molar-refractivity contribution >= 4 is 5.71 Å². The van der Waals surface area contributed by atoms with Gasteiger partial charge in [0, 0.05) is 23.6 Å². The zero-order valence-electron chi connectivity index (χ0n) is 17.8. The van der Waals surface area contributed by atoms with E-state index >= 15 is 0 Å². The SMILES string of the molecule is CC1=C(C)C2C(=N)C(C)(CN3CCC(Cc4ccccc4)CC3)CC2=C(C)O1. The van der Waals surface area contributed by atoms with Crippen molar-refractivity contribution in [2.24, 2.45) is 17.3 Å². The van der Waals surface area contributed by atoms with E-state index in [4.69, 9.17) is 10.1 Å². The maximum absolute atomic E-state index is 8.99. The lowest BCUT2D eigenvalue weighted by Gasteiger charge is -2.37. The first-order valence-corrected chi connectivity index (χ1v) is 10.8. The molecular formula is C25H34N2O. The van der Waals surface area contributed by atoms with Crippen LogP contribution in [0.25, 0.3) is 0 Å². The number of nitrogens with zero attached hydrogens (tertiary/aromatic N) is 1. The Morgan fingerprint density at radius 2 is 1.75 bits per heavy atom. The highest BCUT2D eigenvalue weighted by Gasteiger charge is 2.48. The van der Waals surface area contributed by atoms with Gasteiger partial charge in [0.1, 0.15) is 11.5 Å². The molecule has 0 amide bonds. The first-order valence-electron chi connectivity index (χ1n) is 10.8. The molecule has 0 radical (unpaired) electrons. The molecule has 1 aromatic carbocycles. The van der Waals surface area contributed by atoms with E-state index in [9.17, 15) is 0 Å². The van der Waals surface area contributed by atoms with Gasteiger partial charge in [-0.3, -0.25) is 0 Å². The van der Waals surface area contributed by atoms with Crippen molar-refractivity contribution in [3.8, 4) is 0 Å². The minimum atomic E-state index is -0.0667. The summed E-state index contributed by atoms with van der Waals surface area (Å²) in [6, 6.07) is 10.9. The summed E-state index contributed by atoms with van der Waals surface area (Å²) in [4.78, 5) is 2.61. The van der Waals surface area contributed by atoms with Gasteiger partial charge in [0.25, 0.3) is 0 Å². The van der Waals surface area contributed by atoms with E-state index in [2.05, 4.69) is 56.0 Å². The second-order valence-corrected chi connectivity index (χ2v) is 9.42. The van der Waals surface area contributed by atoms with Gasteiger partial charge in [-0.2, -0.15) is 0 Å². The lowest BCUT2D eigenvalue weighted by molar-refractivity contribution is 0.149. The molecule has 4 rings (SSSR count). The third-order valence-corrected chi connectivity index (χ3v) is 7.26. The Morgan fingerprint density at radius 3 is 2.43 bits per heavy atom. The van der Waals surface area contributed by atoms with Crippen LogP contribution in [-0.4, -0.2) is 30.2 Å². The van der Waals surface area contributed by atoms with Crippen LogP contribution < -0.4 is 0 Å². The maximum atomic E-state index is 8.99. The summed E-state index contributed by atoms with van der Waals surface area (Å²) in [5.41, 5.74) is 4.87. The van der Waals surface area contributed by atoms with Crippen LogP contribution in [0.15, 0.2) is 53.0 Å². The fourth-order valence-electron chi connectivity index (χ4n) is 5.46. The van der Waals surface area contributed by atoms with Crippen molar-refractivity contribution in [3.63, 3.8) is 0 Å². The number of fused-ring (bicyclic) bond motifs is 1. The van der Waals surface area contributed by atoms with E-state index in [0.717, 1.165) is 49.2 Å². The van der Waals surface area contributed by atoms with Crippen LogP contribution >= 0.6 is 0 Å². The molecule has 28 heavy (non-hydrogen) atoms. The Hall–Kier alpha value is -1.87. The Bertz CT molecular complexity index is 814. The van der Waals surface area contributed by atoms with Crippen molar-refractivity contribution < 1.29 is 4.74 Å². The van der Waals surface area contributed by atoms with E-state index in [1.54, 1.807) is 0 Å². The number of hydrogen-bond donors (Lipinski definition) is 1. The summed E-state index contributed by atoms with van der Waals surface area (Å²) < 4.78 is 5.96. The van der Waals surface area contributed by atoms with Gasteiger partial charge >= 0.3 is 0 Å². The normalized spacial score (nSPS) is 29.3. The molecule has 150 valence electrons. The zero-order valence-corrected chi connectivity index (χ0v) is 17.8. The van der Waals surface area contributed by atoms with Gasteiger partial charge in [-0.1, -0.05) is 37.3 Å². The maximum Gasteiger partial charge on any atom is 0.101 e. The van der Waals surface area contributed by atoms with E-state index in [0.29, 0.717) is 0 Å². The van der Waals surface area contributed by atoms with E-state index in [1.165, 1.54) is 36.0 Å². The number of piperidine rings is 1. The molecule has 1 saturated heterocycles. The first-order chi connectivity index (χ1) is 13.4. The molecule has 0 aromatic heterocycles. The third kappa shape index (κ3) is 3.57. The highest BCUT2D eigenvalue weighted by atomic mass is 16.5. The zero-order chi connectivity index (χ0) is 19.9. The van der Waals surface area contributed by atoms with Gasteiger partial charge in [-0.25, -0.2) is 0 Å². The lowest BCUT2D eigenvalue weighted by Crippen LogP contribution is -2.43. The van der Waals surface area contributed by atoms with Gasteiger partial charge in [0.15, 0.2) is 0 Å². The average molecular weight is 379 g/mol. The van der Waals surface area contributed by atoms with Gasteiger partial charge in [0.05, 0.1) is 0 Å². The van der Waals surface area contributed by atoms with Gasteiger partial charge in [0.2, 0.25) is 0 Å². The van der Waals surface area contributed by atoms with Crippen LogP contribution in [0.5, 0.6) is 0 Å². The van der Waals surface area contributed by atoms with Crippen molar-refractivity contribution in [2.45, 2.75) is 53.4 Å². The van der Waals surface area contributed by atoms with Crippen LogP contribution in [0.3, 0.4) is 0 Å². The minimum Gasteiger partial charge on any atom is -0.467 e. The predicted molar refractivity (Wildman–Crippen MR) is 115 cm³/mol. The molecule has 2 aliphatic heterocycles. The number of allylic oxidation sites excluding steroid dienone is 4. The van der Waals surface area contributed by atoms with Gasteiger partial charge in [-0.05, 0) is 82.2 Å². The molecule has 1 aromatic rings. The summed E-state index contributed by atoms with van der Waals surface area (Å²) >= 11 is 0. The van der Waals surface area contributed by atoms with E-state index < -0.39 is 0 Å². The number of benzene rings is 1. The predicted octanol–water partition coefficient (Wildman–Crippen LogP) is 5.59. The summed E-state index contributed by atoms with van der Waals surface area (Å²) in [6.07, 6.45) is 4.71. The van der Waals surface area contributed by atoms with Crippen molar-refractivity contribution in [1.82, 2.24) is 4.90 Å². The largest absolute Gasteiger partial charge is 0.467 e. The van der Waals surface area contributed by atoms with Gasteiger partial charge < -0.3 is 15.0 Å². The smallest absolute Gasteiger partial charge is 0.101 e. The molecule has 1 saturated carbocycles. The second-order valence-electron chi connectivity index (χ2n) is 9.42. The molecule has 2 unspecified atom stereocenters. The van der Waals surface area contributed by atoms with Crippen molar-refractivity contribution in [1.29, 1.82) is 5.41 Å². The number of ether oxygens (including phenoxy) is 1. The second kappa shape index (κ2) is 7.51. The van der Waals surface area contributed by atoms with Crippen LogP contribution in [0, 0.1) is 22.7 Å². The van der Waals surface area contributed by atoms with Crippen LogP contribution in [0.2, 0.25) is 0 Å². The van der Waals surface area contributed by atoms with Crippen LogP contribution in [-0.2, 0) is 11.2 Å². The molecular weight excluding hydrogens is 344 g/mol. The number of rotatable bonds is 4. The Morgan fingerprint density at radius 1 is 1.07 bits per heavy atom.